The van der Waals surface area contributed by atoms with Crippen molar-refractivity contribution < 1.29 is 4.74 Å². The maximum absolute atomic E-state index is 5.87. The number of nitrogens with zero attached hydrogens (tertiary/aromatic N) is 4. The molecule has 0 spiro atoms. The van der Waals surface area contributed by atoms with Crippen LogP contribution in [0.15, 0.2) is 66.1 Å². The molecule has 4 aromatic rings. The molecule has 33 heavy (non-hydrogen) atoms. The second-order valence-electron chi connectivity index (χ2n) is 7.81. The van der Waals surface area contributed by atoms with Gasteiger partial charge in [-0.15, -0.1) is 0 Å². The van der Waals surface area contributed by atoms with Crippen LogP contribution in [0.25, 0.3) is 27.6 Å². The molecule has 7 heteroatoms. The van der Waals surface area contributed by atoms with Gasteiger partial charge in [0.2, 0.25) is 0 Å². The van der Waals surface area contributed by atoms with Crippen LogP contribution >= 0.6 is 0 Å². The molecule has 0 aliphatic heterocycles. The molecule has 3 N–H and O–H groups in total. The molecule has 2 aromatic carbocycles. The fourth-order valence-corrected chi connectivity index (χ4v) is 3.79. The quantitative estimate of drug-likeness (QED) is 0.408. The molecule has 4 rings (SSSR count). The van der Waals surface area contributed by atoms with E-state index in [0.717, 1.165) is 62.0 Å². The summed E-state index contributed by atoms with van der Waals surface area (Å²) in [6.45, 7) is 3.93. The Balaban J connectivity index is 1.67. The third-order valence-corrected chi connectivity index (χ3v) is 5.91. The van der Waals surface area contributed by atoms with Gasteiger partial charge in [-0.25, -0.2) is 9.97 Å². The lowest BCUT2D eigenvalue weighted by molar-refractivity contribution is 0.417. The number of nitrogens with one attached hydrogen (secondary N) is 1. The molecule has 7 nitrogen and oxygen atoms in total. The van der Waals surface area contributed by atoms with Crippen molar-refractivity contribution in [3.05, 3.63) is 72.4 Å². The molecule has 0 fully saturated rings. The number of hydrogen-bond acceptors (Lipinski definition) is 6. The number of rotatable bonds is 6. The summed E-state index contributed by atoms with van der Waals surface area (Å²) < 4.78 is 7.72. The summed E-state index contributed by atoms with van der Waals surface area (Å²) >= 11 is 0. The van der Waals surface area contributed by atoms with E-state index in [1.165, 1.54) is 0 Å². The van der Waals surface area contributed by atoms with Crippen LogP contribution in [-0.2, 0) is 7.05 Å². The van der Waals surface area contributed by atoms with E-state index in [1.807, 2.05) is 69.7 Å². The predicted octanol–water partition coefficient (Wildman–Crippen LogP) is 5.09. The van der Waals surface area contributed by atoms with Gasteiger partial charge in [-0.2, -0.15) is 0 Å². The zero-order chi connectivity index (χ0) is 23.5. The van der Waals surface area contributed by atoms with Crippen molar-refractivity contribution in [2.75, 3.05) is 19.5 Å². The highest BCUT2D eigenvalue weighted by atomic mass is 16.5. The highest BCUT2D eigenvalue weighted by Gasteiger charge is 2.11. The van der Waals surface area contributed by atoms with E-state index in [2.05, 4.69) is 30.9 Å². The summed E-state index contributed by atoms with van der Waals surface area (Å²) in [5.41, 5.74) is 11.6. The predicted molar refractivity (Wildman–Crippen MR) is 136 cm³/mol. The van der Waals surface area contributed by atoms with Crippen LogP contribution < -0.4 is 15.8 Å². The van der Waals surface area contributed by atoms with Crippen LogP contribution in [0.2, 0.25) is 0 Å². The summed E-state index contributed by atoms with van der Waals surface area (Å²) in [7, 11) is 5.43. The van der Waals surface area contributed by atoms with Crippen LogP contribution in [0.1, 0.15) is 18.3 Å². The monoisotopic (exact) mass is 440 g/mol. The fraction of sp³-hybridized carbons (Fsp3) is 0.192. The largest absolute Gasteiger partial charge is 0.495 e. The molecule has 2 aromatic heterocycles. The van der Waals surface area contributed by atoms with E-state index in [0.29, 0.717) is 0 Å². The van der Waals surface area contributed by atoms with Crippen LogP contribution in [0, 0.1) is 6.92 Å². The molecule has 0 radical (unpaired) electrons. The molecule has 0 atom stereocenters. The normalized spacial score (nSPS) is 12.3. The first kappa shape index (κ1) is 22.1. The van der Waals surface area contributed by atoms with Gasteiger partial charge >= 0.3 is 0 Å². The lowest BCUT2D eigenvalue weighted by Crippen LogP contribution is -2.00. The number of fused-ring (bicyclic) bond motifs is 1. The average Bonchev–Trinajstić information content (AvgIpc) is 3.17. The number of ether oxygens (including phenoxy) is 1. The van der Waals surface area contributed by atoms with Crippen molar-refractivity contribution in [3.8, 4) is 17.0 Å². The number of nitrogens with two attached hydrogens (primary N) is 1. The molecular formula is C26H28N6O. The summed E-state index contributed by atoms with van der Waals surface area (Å²) in [4.78, 5) is 13.2. The standard InChI is InChI=1S/C26H28N6O/c1-16(28-3)22(13-27)18-6-7-20-14-30-26(12-21(20)10-18)31-23-9-8-19(11-25(23)33-5)24-15-29-17(2)32(24)4/h6-15H,27H2,1-5H3,(H,30,31). The second kappa shape index (κ2) is 9.16. The molecule has 0 saturated heterocycles. The summed E-state index contributed by atoms with van der Waals surface area (Å²) in [6.07, 6.45) is 5.32. The highest BCUT2D eigenvalue weighted by Crippen LogP contribution is 2.33. The van der Waals surface area contributed by atoms with Gasteiger partial charge in [-0.1, -0.05) is 18.2 Å². The van der Waals surface area contributed by atoms with E-state index in [9.17, 15) is 0 Å². The molecule has 2 heterocycles. The number of benzene rings is 2. The third-order valence-electron chi connectivity index (χ3n) is 5.91. The van der Waals surface area contributed by atoms with E-state index in [-0.39, 0.29) is 0 Å². The smallest absolute Gasteiger partial charge is 0.143 e. The lowest BCUT2D eigenvalue weighted by atomic mass is 10.00. The zero-order valence-electron chi connectivity index (χ0n) is 19.5. The maximum Gasteiger partial charge on any atom is 0.143 e. The van der Waals surface area contributed by atoms with Gasteiger partial charge < -0.3 is 20.4 Å². The second-order valence-corrected chi connectivity index (χ2v) is 7.81. The number of aromatic nitrogens is 3. The van der Waals surface area contributed by atoms with Crippen LogP contribution in [0.4, 0.5) is 11.5 Å². The number of hydrogen-bond donors (Lipinski definition) is 2. The van der Waals surface area contributed by atoms with Crippen molar-refractivity contribution in [1.29, 1.82) is 0 Å². The van der Waals surface area contributed by atoms with E-state index in [1.54, 1.807) is 20.4 Å². The molecule has 168 valence electrons. The van der Waals surface area contributed by atoms with Crippen molar-refractivity contribution >= 4 is 33.6 Å². The number of aryl methyl sites for hydroxylation is 1. The van der Waals surface area contributed by atoms with Gasteiger partial charge in [-0.05, 0) is 49.1 Å². The van der Waals surface area contributed by atoms with Crippen molar-refractivity contribution in [2.45, 2.75) is 13.8 Å². The Morgan fingerprint density at radius 1 is 1.09 bits per heavy atom. The molecule has 0 aliphatic carbocycles. The number of methoxy groups -OCH3 is 1. The Morgan fingerprint density at radius 3 is 2.58 bits per heavy atom. The lowest BCUT2D eigenvalue weighted by Gasteiger charge is -2.14. The average molecular weight is 441 g/mol. The van der Waals surface area contributed by atoms with Gasteiger partial charge in [-0.3, -0.25) is 4.99 Å². The van der Waals surface area contributed by atoms with E-state index >= 15 is 0 Å². The first-order valence-electron chi connectivity index (χ1n) is 10.6. The van der Waals surface area contributed by atoms with Gasteiger partial charge in [0, 0.05) is 48.7 Å². The van der Waals surface area contributed by atoms with Crippen LogP contribution in [-0.4, -0.2) is 34.4 Å². The van der Waals surface area contributed by atoms with Crippen molar-refractivity contribution in [3.63, 3.8) is 0 Å². The molecule has 0 saturated carbocycles. The highest BCUT2D eigenvalue weighted by molar-refractivity contribution is 6.23. The minimum atomic E-state index is 0.723. The minimum Gasteiger partial charge on any atom is -0.495 e. The van der Waals surface area contributed by atoms with Crippen LogP contribution in [0.3, 0.4) is 0 Å². The number of pyridine rings is 1. The van der Waals surface area contributed by atoms with Crippen molar-refractivity contribution in [2.24, 2.45) is 17.8 Å². The van der Waals surface area contributed by atoms with E-state index in [4.69, 9.17) is 10.5 Å². The molecule has 0 amide bonds. The number of anilines is 2. The van der Waals surface area contributed by atoms with Gasteiger partial charge in [0.05, 0.1) is 24.7 Å². The molecular weight excluding hydrogens is 412 g/mol. The zero-order valence-corrected chi connectivity index (χ0v) is 19.5. The summed E-state index contributed by atoms with van der Waals surface area (Å²) in [5.74, 6) is 2.41. The third kappa shape index (κ3) is 4.30. The Kier molecular flexibility index (Phi) is 6.13. The fourth-order valence-electron chi connectivity index (χ4n) is 3.79. The number of allylic oxidation sites excluding steroid dienone is 1. The minimum absolute atomic E-state index is 0.723. The Bertz CT molecular complexity index is 1380. The Hall–Kier alpha value is -4.13. The van der Waals surface area contributed by atoms with E-state index < -0.39 is 0 Å². The molecule has 0 bridgehead atoms. The maximum atomic E-state index is 5.87. The topological polar surface area (TPSA) is 90.4 Å². The van der Waals surface area contributed by atoms with Gasteiger partial charge in [0.1, 0.15) is 17.4 Å². The Morgan fingerprint density at radius 2 is 1.91 bits per heavy atom. The van der Waals surface area contributed by atoms with Gasteiger partial charge in [0.25, 0.3) is 0 Å². The number of imidazole rings is 1. The van der Waals surface area contributed by atoms with Crippen LogP contribution in [0.5, 0.6) is 5.75 Å². The SMILES string of the molecule is CN=C(C)C(=CN)c1ccc2cnc(Nc3ccc(-c4cnc(C)n4C)cc3OC)cc2c1. The first-order chi connectivity index (χ1) is 15.9. The summed E-state index contributed by atoms with van der Waals surface area (Å²) in [5, 5.41) is 5.48. The summed E-state index contributed by atoms with van der Waals surface area (Å²) in [6, 6.07) is 14.2. The van der Waals surface area contributed by atoms with Gasteiger partial charge in [0.15, 0.2) is 0 Å². The molecule has 0 aliphatic rings. The van der Waals surface area contributed by atoms with Crippen molar-refractivity contribution in [1.82, 2.24) is 14.5 Å². The first-order valence-corrected chi connectivity index (χ1v) is 10.6. The Labute approximate surface area is 193 Å². The molecule has 0 unspecified atom stereocenters. The number of aliphatic imine (C=N–C) groups is 1.